The Morgan fingerprint density at radius 2 is 1.78 bits per heavy atom. The smallest absolute Gasteiger partial charge is 0.240 e. The van der Waals surface area contributed by atoms with Crippen LogP contribution in [-0.4, -0.2) is 43.0 Å². The van der Waals surface area contributed by atoms with E-state index < -0.39 is 6.04 Å². The van der Waals surface area contributed by atoms with Gasteiger partial charge in [-0.3, -0.25) is 9.59 Å². The van der Waals surface area contributed by atoms with E-state index in [4.69, 9.17) is 10.5 Å². The minimum atomic E-state index is -0.511. The lowest BCUT2D eigenvalue weighted by Crippen LogP contribution is -2.53. The summed E-state index contributed by atoms with van der Waals surface area (Å²) in [5.74, 6) is 0.774. The quantitative estimate of drug-likeness (QED) is 0.798. The van der Waals surface area contributed by atoms with E-state index >= 15 is 0 Å². The Labute approximate surface area is 168 Å². The molecule has 7 heteroatoms. The molecule has 0 spiro atoms. The molecule has 0 radical (unpaired) electrons. The first-order valence-electron chi connectivity index (χ1n) is 9.17. The van der Waals surface area contributed by atoms with Crippen molar-refractivity contribution in [2.24, 2.45) is 17.1 Å². The molecule has 1 saturated heterocycles. The maximum atomic E-state index is 12.5. The Hall–Kier alpha value is -1.79. The average molecular weight is 398 g/mol. The molecule has 1 aliphatic rings. The molecule has 3 N–H and O–H groups in total. The largest absolute Gasteiger partial charge is 0.497 e. The van der Waals surface area contributed by atoms with Crippen LogP contribution in [0.1, 0.15) is 39.2 Å². The van der Waals surface area contributed by atoms with Crippen molar-refractivity contribution in [2.45, 2.75) is 46.2 Å². The van der Waals surface area contributed by atoms with Gasteiger partial charge in [0.2, 0.25) is 11.8 Å². The Balaban J connectivity index is 0.00000364. The number of piperidine rings is 1. The molecule has 1 aromatic carbocycles. The van der Waals surface area contributed by atoms with Gasteiger partial charge in [-0.15, -0.1) is 12.4 Å². The summed E-state index contributed by atoms with van der Waals surface area (Å²) >= 11 is 0. The minimum absolute atomic E-state index is 0. The average Bonchev–Trinajstić information content (AvgIpc) is 2.64. The second kappa shape index (κ2) is 9.95. The standard InChI is InChI=1S/C20H31N3O3.ClH/c1-20(2,3)17(21)19(25)23-11-9-15(10-12-23)18(24)22-13-14-5-7-16(26-4)8-6-14;/h5-8,15,17H,9-13,21H2,1-4H3,(H,22,24);1H/t17-;/m1./s1. The summed E-state index contributed by atoms with van der Waals surface area (Å²) in [6.45, 7) is 7.57. The van der Waals surface area contributed by atoms with E-state index in [9.17, 15) is 9.59 Å². The highest BCUT2D eigenvalue weighted by atomic mass is 35.5. The number of benzene rings is 1. The third kappa shape index (κ3) is 6.40. The topological polar surface area (TPSA) is 84.7 Å². The van der Waals surface area contributed by atoms with Crippen molar-refractivity contribution in [1.29, 1.82) is 0 Å². The van der Waals surface area contributed by atoms with Gasteiger partial charge >= 0.3 is 0 Å². The monoisotopic (exact) mass is 397 g/mol. The van der Waals surface area contributed by atoms with Crippen LogP contribution in [0, 0.1) is 11.3 Å². The van der Waals surface area contributed by atoms with Gasteiger partial charge in [0, 0.05) is 25.6 Å². The first-order chi connectivity index (χ1) is 12.2. The lowest BCUT2D eigenvalue weighted by Gasteiger charge is -2.36. The van der Waals surface area contributed by atoms with E-state index in [1.165, 1.54) is 0 Å². The van der Waals surface area contributed by atoms with Crippen molar-refractivity contribution in [3.8, 4) is 5.75 Å². The Morgan fingerprint density at radius 3 is 2.26 bits per heavy atom. The van der Waals surface area contributed by atoms with E-state index in [-0.39, 0.29) is 35.6 Å². The molecule has 152 valence electrons. The molecule has 0 aromatic heterocycles. The predicted molar refractivity (Wildman–Crippen MR) is 109 cm³/mol. The molecule has 1 aliphatic heterocycles. The summed E-state index contributed by atoms with van der Waals surface area (Å²) in [6.07, 6.45) is 1.36. The number of likely N-dealkylation sites (tertiary alicyclic amines) is 1. The molecule has 1 fully saturated rings. The second-order valence-corrected chi connectivity index (χ2v) is 8.01. The number of nitrogens with zero attached hydrogens (tertiary/aromatic N) is 1. The van der Waals surface area contributed by atoms with Crippen molar-refractivity contribution in [1.82, 2.24) is 10.2 Å². The van der Waals surface area contributed by atoms with Crippen LogP contribution >= 0.6 is 12.4 Å². The van der Waals surface area contributed by atoms with Crippen LogP contribution in [0.4, 0.5) is 0 Å². The number of nitrogens with two attached hydrogens (primary N) is 1. The number of halogens is 1. The second-order valence-electron chi connectivity index (χ2n) is 8.01. The van der Waals surface area contributed by atoms with E-state index in [0.29, 0.717) is 32.5 Å². The number of hydrogen-bond acceptors (Lipinski definition) is 4. The fraction of sp³-hybridized carbons (Fsp3) is 0.600. The Bertz CT molecular complexity index is 620. The minimum Gasteiger partial charge on any atom is -0.497 e. The lowest BCUT2D eigenvalue weighted by molar-refractivity contribution is -0.138. The van der Waals surface area contributed by atoms with Gasteiger partial charge in [-0.25, -0.2) is 0 Å². The van der Waals surface area contributed by atoms with Crippen LogP contribution in [-0.2, 0) is 16.1 Å². The van der Waals surface area contributed by atoms with E-state index in [2.05, 4.69) is 5.32 Å². The summed E-state index contributed by atoms with van der Waals surface area (Å²) in [5, 5.41) is 2.99. The molecular weight excluding hydrogens is 366 g/mol. The van der Waals surface area contributed by atoms with Gasteiger partial charge in [-0.2, -0.15) is 0 Å². The molecule has 27 heavy (non-hydrogen) atoms. The SMILES string of the molecule is COc1ccc(CNC(=O)C2CCN(C(=O)[C@@H](N)C(C)(C)C)CC2)cc1.Cl. The molecule has 2 amide bonds. The first kappa shape index (κ1) is 23.2. The van der Waals surface area contributed by atoms with Gasteiger partial charge in [0.1, 0.15) is 5.75 Å². The summed E-state index contributed by atoms with van der Waals surface area (Å²) in [4.78, 5) is 26.7. The number of amides is 2. The molecule has 2 rings (SSSR count). The zero-order valence-electron chi connectivity index (χ0n) is 16.7. The molecular formula is C20H32ClN3O3. The van der Waals surface area contributed by atoms with Crippen LogP contribution in [0.5, 0.6) is 5.75 Å². The molecule has 1 heterocycles. The molecule has 1 aromatic rings. The zero-order valence-corrected chi connectivity index (χ0v) is 17.5. The van der Waals surface area contributed by atoms with Crippen LogP contribution in [0.3, 0.4) is 0 Å². The van der Waals surface area contributed by atoms with Gasteiger partial charge in [-0.1, -0.05) is 32.9 Å². The van der Waals surface area contributed by atoms with Gasteiger partial charge in [0.15, 0.2) is 0 Å². The molecule has 6 nitrogen and oxygen atoms in total. The number of carbonyl (C=O) groups is 2. The number of ether oxygens (including phenoxy) is 1. The maximum absolute atomic E-state index is 12.5. The molecule has 0 aliphatic carbocycles. The van der Waals surface area contributed by atoms with E-state index in [0.717, 1.165) is 11.3 Å². The van der Waals surface area contributed by atoms with Gasteiger partial charge in [0.05, 0.1) is 13.2 Å². The van der Waals surface area contributed by atoms with Gasteiger partial charge < -0.3 is 20.7 Å². The van der Waals surface area contributed by atoms with Crippen LogP contribution in [0.15, 0.2) is 24.3 Å². The summed E-state index contributed by atoms with van der Waals surface area (Å²) < 4.78 is 5.13. The Morgan fingerprint density at radius 1 is 1.22 bits per heavy atom. The maximum Gasteiger partial charge on any atom is 0.240 e. The molecule has 1 atom stereocenters. The van der Waals surface area contributed by atoms with Crippen LogP contribution < -0.4 is 15.8 Å². The molecule has 0 saturated carbocycles. The van der Waals surface area contributed by atoms with Crippen molar-refractivity contribution in [2.75, 3.05) is 20.2 Å². The first-order valence-corrected chi connectivity index (χ1v) is 9.17. The fourth-order valence-electron chi connectivity index (χ4n) is 3.01. The molecule has 0 unspecified atom stereocenters. The van der Waals surface area contributed by atoms with Crippen molar-refractivity contribution >= 4 is 24.2 Å². The third-order valence-corrected chi connectivity index (χ3v) is 5.00. The number of rotatable bonds is 5. The number of nitrogens with one attached hydrogen (secondary N) is 1. The summed E-state index contributed by atoms with van der Waals surface area (Å²) in [6, 6.07) is 7.12. The van der Waals surface area contributed by atoms with Gasteiger partial charge in [-0.05, 0) is 36.0 Å². The van der Waals surface area contributed by atoms with E-state index in [1.807, 2.05) is 45.0 Å². The van der Waals surface area contributed by atoms with Crippen molar-refractivity contribution < 1.29 is 14.3 Å². The zero-order chi connectivity index (χ0) is 19.3. The molecule has 0 bridgehead atoms. The Kier molecular flexibility index (Phi) is 8.57. The van der Waals surface area contributed by atoms with E-state index in [1.54, 1.807) is 12.0 Å². The summed E-state index contributed by atoms with van der Waals surface area (Å²) in [5.41, 5.74) is 6.84. The highest BCUT2D eigenvalue weighted by molar-refractivity contribution is 5.85. The van der Waals surface area contributed by atoms with Gasteiger partial charge in [0.25, 0.3) is 0 Å². The highest BCUT2D eigenvalue weighted by Crippen LogP contribution is 2.23. The number of hydrogen-bond donors (Lipinski definition) is 2. The third-order valence-electron chi connectivity index (χ3n) is 5.00. The van der Waals surface area contributed by atoms with Crippen molar-refractivity contribution in [3.05, 3.63) is 29.8 Å². The highest BCUT2D eigenvalue weighted by Gasteiger charge is 2.34. The number of carbonyl (C=O) groups excluding carboxylic acids is 2. The van der Waals surface area contributed by atoms with Crippen LogP contribution in [0.25, 0.3) is 0 Å². The van der Waals surface area contributed by atoms with Crippen LogP contribution in [0.2, 0.25) is 0 Å². The lowest BCUT2D eigenvalue weighted by atomic mass is 9.85. The number of methoxy groups -OCH3 is 1. The predicted octanol–water partition coefficient (Wildman–Crippen LogP) is 2.35. The van der Waals surface area contributed by atoms with Crippen molar-refractivity contribution in [3.63, 3.8) is 0 Å². The normalized spacial score (nSPS) is 16.3. The summed E-state index contributed by atoms with van der Waals surface area (Å²) in [7, 11) is 1.63. The fourth-order valence-corrected chi connectivity index (χ4v) is 3.01.